The molecule has 3 N–H and O–H groups in total. The summed E-state index contributed by atoms with van der Waals surface area (Å²) in [6, 6.07) is 10.1. The molecule has 0 saturated heterocycles. The first-order valence-corrected chi connectivity index (χ1v) is 8.57. The Kier molecular flexibility index (Phi) is 4.93. The third-order valence-corrected chi connectivity index (χ3v) is 4.55. The van der Waals surface area contributed by atoms with Gasteiger partial charge in [-0.1, -0.05) is 12.1 Å². The molecule has 0 spiro atoms. The second kappa shape index (κ2) is 7.23. The molecule has 3 rings (SSSR count). The minimum atomic E-state index is -1.20. The molecule has 0 radical (unpaired) electrons. The van der Waals surface area contributed by atoms with Gasteiger partial charge in [-0.05, 0) is 32.0 Å². The number of anilines is 3. The van der Waals surface area contributed by atoms with Gasteiger partial charge in [-0.25, -0.2) is 4.79 Å². The number of ether oxygens (including phenoxy) is 1. The van der Waals surface area contributed by atoms with Gasteiger partial charge in [0, 0.05) is 12.1 Å². The van der Waals surface area contributed by atoms with E-state index in [1.807, 2.05) is 0 Å². The monoisotopic (exact) mass is 398 g/mol. The zero-order chi connectivity index (χ0) is 21.3. The minimum absolute atomic E-state index is 0.0977. The normalized spacial score (nSPS) is 14.6. The number of nitrogens with zero attached hydrogens (tertiary/aromatic N) is 2. The summed E-state index contributed by atoms with van der Waals surface area (Å²) in [4.78, 5) is 48.9. The van der Waals surface area contributed by atoms with E-state index in [9.17, 15) is 24.5 Å². The summed E-state index contributed by atoms with van der Waals surface area (Å²) in [7, 11) is 0. The highest BCUT2D eigenvalue weighted by Gasteiger charge is 2.43. The number of hydrogen-bond acceptors (Lipinski definition) is 7. The molecular weight excluding hydrogens is 380 g/mol. The van der Waals surface area contributed by atoms with E-state index in [4.69, 9.17) is 10.5 Å². The van der Waals surface area contributed by atoms with Gasteiger partial charge in [-0.2, -0.15) is 0 Å². The van der Waals surface area contributed by atoms with Crippen LogP contribution in [0.2, 0.25) is 0 Å². The van der Waals surface area contributed by atoms with E-state index in [0.717, 1.165) is 18.2 Å². The lowest BCUT2D eigenvalue weighted by atomic mass is 9.96. The number of fused-ring (bicyclic) bond motifs is 1. The number of carbonyl (C=O) groups is 3. The molecule has 150 valence electrons. The van der Waals surface area contributed by atoms with E-state index in [1.54, 1.807) is 38.1 Å². The number of amides is 2. The van der Waals surface area contributed by atoms with Gasteiger partial charge in [0.15, 0.2) is 6.61 Å². The number of nitrogens with two attached hydrogens (primary N) is 1. The average molecular weight is 398 g/mol. The molecule has 29 heavy (non-hydrogen) atoms. The number of para-hydroxylation sites is 2. The fourth-order valence-corrected chi connectivity index (χ4v) is 3.02. The molecule has 1 aliphatic heterocycles. The number of rotatable bonds is 4. The molecule has 1 heterocycles. The van der Waals surface area contributed by atoms with Crippen molar-refractivity contribution in [1.29, 1.82) is 0 Å². The van der Waals surface area contributed by atoms with Crippen molar-refractivity contribution in [3.63, 3.8) is 0 Å². The van der Waals surface area contributed by atoms with Gasteiger partial charge in [-0.3, -0.25) is 24.6 Å². The summed E-state index contributed by atoms with van der Waals surface area (Å²) in [5.41, 5.74) is 4.92. The van der Waals surface area contributed by atoms with E-state index < -0.39 is 28.9 Å². The molecule has 2 aromatic rings. The molecule has 0 aromatic heterocycles. The molecule has 0 bridgehead atoms. The molecule has 0 atom stereocenters. The van der Waals surface area contributed by atoms with E-state index in [1.165, 1.54) is 4.90 Å². The van der Waals surface area contributed by atoms with Gasteiger partial charge in [0.1, 0.15) is 5.54 Å². The summed E-state index contributed by atoms with van der Waals surface area (Å²) >= 11 is 0. The van der Waals surface area contributed by atoms with Crippen molar-refractivity contribution in [3.05, 3.63) is 58.1 Å². The Bertz CT molecular complexity index is 1030. The van der Waals surface area contributed by atoms with Gasteiger partial charge in [-0.15, -0.1) is 0 Å². The van der Waals surface area contributed by atoms with Crippen LogP contribution >= 0.6 is 0 Å². The first kappa shape index (κ1) is 19.8. The van der Waals surface area contributed by atoms with Crippen molar-refractivity contribution >= 4 is 40.5 Å². The Balaban J connectivity index is 1.79. The van der Waals surface area contributed by atoms with Crippen LogP contribution in [0.5, 0.6) is 0 Å². The largest absolute Gasteiger partial charge is 0.452 e. The van der Waals surface area contributed by atoms with Crippen LogP contribution in [0.1, 0.15) is 24.2 Å². The van der Waals surface area contributed by atoms with Gasteiger partial charge in [0.25, 0.3) is 11.6 Å². The number of benzene rings is 2. The van der Waals surface area contributed by atoms with E-state index >= 15 is 0 Å². The fourth-order valence-electron chi connectivity index (χ4n) is 3.02. The molecular formula is C19H18N4O6. The van der Waals surface area contributed by atoms with Crippen LogP contribution < -0.4 is 16.0 Å². The maximum Gasteiger partial charge on any atom is 0.340 e. The van der Waals surface area contributed by atoms with E-state index in [-0.39, 0.29) is 22.8 Å². The Morgan fingerprint density at radius 2 is 1.93 bits per heavy atom. The van der Waals surface area contributed by atoms with E-state index in [2.05, 4.69) is 5.32 Å². The second-order valence-corrected chi connectivity index (χ2v) is 6.86. The summed E-state index contributed by atoms with van der Waals surface area (Å²) in [6.45, 7) is 2.51. The zero-order valence-electron chi connectivity index (χ0n) is 15.7. The Morgan fingerprint density at radius 1 is 1.24 bits per heavy atom. The molecule has 10 nitrogen and oxygen atoms in total. The predicted octanol–water partition coefficient (Wildman–Crippen LogP) is 2.10. The number of esters is 1. The Morgan fingerprint density at radius 3 is 2.59 bits per heavy atom. The molecule has 2 amide bonds. The van der Waals surface area contributed by atoms with Crippen molar-refractivity contribution in [2.45, 2.75) is 19.4 Å². The lowest BCUT2D eigenvalue weighted by Crippen LogP contribution is -2.59. The fraction of sp³-hybridized carbons (Fsp3) is 0.211. The van der Waals surface area contributed by atoms with Crippen molar-refractivity contribution in [1.82, 2.24) is 0 Å². The quantitative estimate of drug-likeness (QED) is 0.347. The van der Waals surface area contributed by atoms with E-state index in [0.29, 0.717) is 11.4 Å². The van der Waals surface area contributed by atoms with Gasteiger partial charge < -0.3 is 15.8 Å². The predicted molar refractivity (Wildman–Crippen MR) is 104 cm³/mol. The van der Waals surface area contributed by atoms with Crippen LogP contribution in [0.3, 0.4) is 0 Å². The third kappa shape index (κ3) is 3.59. The van der Waals surface area contributed by atoms with Crippen molar-refractivity contribution in [2.75, 3.05) is 22.6 Å². The maximum absolute atomic E-state index is 12.8. The highest BCUT2D eigenvalue weighted by molar-refractivity contribution is 6.14. The molecule has 10 heteroatoms. The minimum Gasteiger partial charge on any atom is -0.452 e. The maximum atomic E-state index is 12.8. The highest BCUT2D eigenvalue weighted by atomic mass is 16.6. The molecule has 0 unspecified atom stereocenters. The number of hydrogen-bond donors (Lipinski definition) is 2. The standard InChI is InChI=1S/C19H18N4O6/c1-19(2)18(26)21-14-5-3-4-6-15(14)22(19)16(24)10-29-17(25)12-8-7-11(23(27)28)9-13(12)20/h3-9H,10,20H2,1-2H3,(H,21,26). The summed E-state index contributed by atoms with van der Waals surface area (Å²) in [5.74, 6) is -1.89. The number of nitrogens with one attached hydrogen (secondary N) is 1. The number of carbonyl (C=O) groups excluding carboxylic acids is 3. The average Bonchev–Trinajstić information content (AvgIpc) is 2.66. The first-order chi connectivity index (χ1) is 13.6. The Labute approximate surface area is 165 Å². The van der Waals surface area contributed by atoms with Crippen LogP contribution in [0, 0.1) is 10.1 Å². The molecule has 1 aliphatic rings. The Hall–Kier alpha value is -3.95. The smallest absolute Gasteiger partial charge is 0.340 e. The first-order valence-electron chi connectivity index (χ1n) is 8.57. The lowest BCUT2D eigenvalue weighted by molar-refractivity contribution is -0.384. The number of nitrogen functional groups attached to an aromatic ring is 1. The SMILES string of the molecule is CC1(C)C(=O)Nc2ccccc2N1C(=O)COC(=O)c1ccc([N+](=O)[O-])cc1N. The van der Waals surface area contributed by atoms with Crippen LogP contribution in [0.15, 0.2) is 42.5 Å². The number of nitro groups is 1. The van der Waals surface area contributed by atoms with Crippen LogP contribution in [0.4, 0.5) is 22.7 Å². The lowest BCUT2D eigenvalue weighted by Gasteiger charge is -2.41. The number of nitro benzene ring substituents is 1. The van der Waals surface area contributed by atoms with Crippen LogP contribution in [0.25, 0.3) is 0 Å². The topological polar surface area (TPSA) is 145 Å². The molecule has 0 aliphatic carbocycles. The highest BCUT2D eigenvalue weighted by Crippen LogP contribution is 2.36. The van der Waals surface area contributed by atoms with Gasteiger partial charge >= 0.3 is 5.97 Å². The summed E-state index contributed by atoms with van der Waals surface area (Å²) < 4.78 is 5.06. The molecule has 2 aromatic carbocycles. The molecule has 0 fully saturated rings. The second-order valence-electron chi connectivity index (χ2n) is 6.86. The van der Waals surface area contributed by atoms with Crippen molar-refractivity contribution in [2.24, 2.45) is 0 Å². The molecule has 0 saturated carbocycles. The zero-order valence-corrected chi connectivity index (χ0v) is 15.7. The summed E-state index contributed by atoms with van der Waals surface area (Å²) in [5, 5.41) is 13.5. The van der Waals surface area contributed by atoms with Crippen LogP contribution in [-0.4, -0.2) is 34.9 Å². The van der Waals surface area contributed by atoms with Gasteiger partial charge in [0.2, 0.25) is 5.91 Å². The van der Waals surface area contributed by atoms with Gasteiger partial charge in [0.05, 0.1) is 27.5 Å². The van der Waals surface area contributed by atoms with Crippen molar-refractivity contribution < 1.29 is 24.0 Å². The number of non-ortho nitro benzene ring substituents is 1. The van der Waals surface area contributed by atoms with Crippen LogP contribution in [-0.2, 0) is 14.3 Å². The third-order valence-electron chi connectivity index (χ3n) is 4.55. The summed E-state index contributed by atoms with van der Waals surface area (Å²) in [6.07, 6.45) is 0. The van der Waals surface area contributed by atoms with Crippen molar-refractivity contribution in [3.8, 4) is 0 Å².